The van der Waals surface area contributed by atoms with Crippen molar-refractivity contribution in [2.75, 3.05) is 13.2 Å². The van der Waals surface area contributed by atoms with E-state index in [4.69, 9.17) is 9.47 Å². The van der Waals surface area contributed by atoms with Gasteiger partial charge in [0.2, 0.25) is 0 Å². The minimum atomic E-state index is -0.0452. The van der Waals surface area contributed by atoms with Crippen LogP contribution in [0.2, 0.25) is 0 Å². The molecule has 4 aromatic rings. The summed E-state index contributed by atoms with van der Waals surface area (Å²) in [7, 11) is 0. The monoisotopic (exact) mass is 402 g/mol. The molecule has 0 saturated heterocycles. The van der Waals surface area contributed by atoms with Gasteiger partial charge in [-0.25, -0.2) is 4.79 Å². The highest BCUT2D eigenvalue weighted by atomic mass is 16.5. The predicted octanol–water partition coefficient (Wildman–Crippen LogP) is 4.58. The lowest BCUT2D eigenvalue weighted by atomic mass is 10.2. The Morgan fingerprint density at radius 3 is 1.43 bits per heavy atom. The Hall–Kier alpha value is -3.47. The molecule has 5 heteroatoms. The average molecular weight is 402 g/mol. The van der Waals surface area contributed by atoms with Gasteiger partial charge in [-0.1, -0.05) is 47.5 Å². The summed E-state index contributed by atoms with van der Waals surface area (Å²) < 4.78 is 15.2. The molecule has 5 nitrogen and oxygen atoms in total. The molecule has 0 atom stereocenters. The number of benzene rings is 3. The van der Waals surface area contributed by atoms with Crippen LogP contribution in [0.25, 0.3) is 11.0 Å². The summed E-state index contributed by atoms with van der Waals surface area (Å²) in [6, 6.07) is 23.7. The van der Waals surface area contributed by atoms with E-state index in [1.807, 2.05) is 86.6 Å². The van der Waals surface area contributed by atoms with Crippen LogP contribution in [0, 0.1) is 13.8 Å². The zero-order chi connectivity index (χ0) is 20.9. The topological polar surface area (TPSA) is 45.4 Å². The van der Waals surface area contributed by atoms with Gasteiger partial charge < -0.3 is 9.47 Å². The van der Waals surface area contributed by atoms with E-state index in [9.17, 15) is 4.79 Å². The Morgan fingerprint density at radius 1 is 0.633 bits per heavy atom. The first-order chi connectivity index (χ1) is 14.6. The number of nitrogens with zero attached hydrogens (tertiary/aromatic N) is 2. The molecule has 30 heavy (non-hydrogen) atoms. The van der Waals surface area contributed by atoms with Crippen LogP contribution in [-0.2, 0) is 13.1 Å². The molecule has 0 amide bonds. The first-order valence-electron chi connectivity index (χ1n) is 10.2. The zero-order valence-corrected chi connectivity index (χ0v) is 17.4. The molecule has 154 valence electrons. The summed E-state index contributed by atoms with van der Waals surface area (Å²) in [6.45, 7) is 5.91. The van der Waals surface area contributed by atoms with Gasteiger partial charge in [0, 0.05) is 0 Å². The van der Waals surface area contributed by atoms with E-state index >= 15 is 0 Å². The van der Waals surface area contributed by atoms with Gasteiger partial charge in [-0.3, -0.25) is 9.13 Å². The largest absolute Gasteiger partial charge is 0.492 e. The molecule has 0 aliphatic heterocycles. The third-order valence-corrected chi connectivity index (χ3v) is 5.13. The van der Waals surface area contributed by atoms with Gasteiger partial charge in [0.05, 0.1) is 24.1 Å². The van der Waals surface area contributed by atoms with Gasteiger partial charge in [0.15, 0.2) is 0 Å². The summed E-state index contributed by atoms with van der Waals surface area (Å²) in [6.07, 6.45) is 0. The highest BCUT2D eigenvalue weighted by Gasteiger charge is 2.13. The Bertz CT molecular complexity index is 1080. The van der Waals surface area contributed by atoms with Crippen molar-refractivity contribution < 1.29 is 9.47 Å². The highest BCUT2D eigenvalue weighted by Crippen LogP contribution is 2.15. The SMILES string of the molecule is Cc1ccc(OCCn2c(=O)n(CCOc3ccc(C)cc3)c3ccccc32)cc1. The van der Waals surface area contributed by atoms with Crippen molar-refractivity contribution in [3.63, 3.8) is 0 Å². The van der Waals surface area contributed by atoms with Crippen molar-refractivity contribution in [2.45, 2.75) is 26.9 Å². The maximum Gasteiger partial charge on any atom is 0.329 e. The molecule has 1 heterocycles. The molecule has 1 aromatic heterocycles. The molecule has 4 rings (SSSR count). The van der Waals surface area contributed by atoms with Gasteiger partial charge in [0.25, 0.3) is 0 Å². The van der Waals surface area contributed by atoms with E-state index in [0.717, 1.165) is 22.5 Å². The lowest BCUT2D eigenvalue weighted by Crippen LogP contribution is -2.27. The second-order valence-corrected chi connectivity index (χ2v) is 7.40. The molecular formula is C25H26N2O3. The van der Waals surface area contributed by atoms with E-state index in [0.29, 0.717) is 26.3 Å². The van der Waals surface area contributed by atoms with Crippen LogP contribution in [0.5, 0.6) is 11.5 Å². The Morgan fingerprint density at radius 2 is 1.03 bits per heavy atom. The smallest absolute Gasteiger partial charge is 0.329 e. The molecule has 0 saturated carbocycles. The number of hydrogen-bond acceptors (Lipinski definition) is 3. The van der Waals surface area contributed by atoms with Crippen LogP contribution >= 0.6 is 0 Å². The number of fused-ring (bicyclic) bond motifs is 1. The van der Waals surface area contributed by atoms with Crippen molar-refractivity contribution in [1.29, 1.82) is 0 Å². The first kappa shape index (κ1) is 19.8. The molecular weight excluding hydrogens is 376 g/mol. The number of ether oxygens (including phenoxy) is 2. The van der Waals surface area contributed by atoms with E-state index in [-0.39, 0.29) is 5.69 Å². The molecule has 0 fully saturated rings. The van der Waals surface area contributed by atoms with Crippen LogP contribution < -0.4 is 15.2 Å². The molecule has 3 aromatic carbocycles. The number of para-hydroxylation sites is 2. The van der Waals surface area contributed by atoms with Gasteiger partial charge in [-0.15, -0.1) is 0 Å². The Balaban J connectivity index is 1.47. The van der Waals surface area contributed by atoms with Crippen LogP contribution in [0.4, 0.5) is 0 Å². The quantitative estimate of drug-likeness (QED) is 0.433. The van der Waals surface area contributed by atoms with Crippen LogP contribution in [-0.4, -0.2) is 22.3 Å². The molecule has 0 aliphatic carbocycles. The number of aryl methyl sites for hydroxylation is 2. The fraction of sp³-hybridized carbons (Fsp3) is 0.240. The molecule has 0 aliphatic rings. The van der Waals surface area contributed by atoms with Crippen molar-refractivity contribution in [3.8, 4) is 11.5 Å². The fourth-order valence-corrected chi connectivity index (χ4v) is 3.48. The first-order valence-corrected chi connectivity index (χ1v) is 10.2. The number of hydrogen-bond donors (Lipinski definition) is 0. The predicted molar refractivity (Wildman–Crippen MR) is 120 cm³/mol. The summed E-state index contributed by atoms with van der Waals surface area (Å²) in [5, 5.41) is 0. The van der Waals surface area contributed by atoms with Gasteiger partial charge in [-0.05, 0) is 50.2 Å². The van der Waals surface area contributed by atoms with Gasteiger partial charge in [-0.2, -0.15) is 0 Å². The summed E-state index contributed by atoms with van der Waals surface area (Å²) >= 11 is 0. The van der Waals surface area contributed by atoms with Crippen molar-refractivity contribution in [1.82, 2.24) is 9.13 Å². The van der Waals surface area contributed by atoms with Gasteiger partial charge >= 0.3 is 5.69 Å². The number of aromatic nitrogens is 2. The fourth-order valence-electron chi connectivity index (χ4n) is 3.48. The lowest BCUT2D eigenvalue weighted by molar-refractivity contribution is 0.290. The van der Waals surface area contributed by atoms with Crippen molar-refractivity contribution in [2.24, 2.45) is 0 Å². The van der Waals surface area contributed by atoms with Crippen LogP contribution in [0.3, 0.4) is 0 Å². The molecule has 0 N–H and O–H groups in total. The van der Waals surface area contributed by atoms with Crippen molar-refractivity contribution >= 4 is 11.0 Å². The van der Waals surface area contributed by atoms with E-state index in [1.165, 1.54) is 11.1 Å². The highest BCUT2D eigenvalue weighted by molar-refractivity contribution is 5.76. The minimum absolute atomic E-state index is 0.0452. The number of rotatable bonds is 8. The normalized spacial score (nSPS) is 11.0. The minimum Gasteiger partial charge on any atom is -0.492 e. The maximum absolute atomic E-state index is 13.1. The molecule has 0 radical (unpaired) electrons. The molecule has 0 bridgehead atoms. The molecule has 0 unspecified atom stereocenters. The third kappa shape index (κ3) is 4.40. The summed E-state index contributed by atoms with van der Waals surface area (Å²) in [5.74, 6) is 1.62. The second kappa shape index (κ2) is 8.91. The van der Waals surface area contributed by atoms with E-state index in [1.54, 1.807) is 9.13 Å². The third-order valence-electron chi connectivity index (χ3n) is 5.13. The van der Waals surface area contributed by atoms with Crippen LogP contribution in [0.1, 0.15) is 11.1 Å². The Kier molecular flexibility index (Phi) is 5.89. The Labute approximate surface area is 176 Å². The van der Waals surface area contributed by atoms with Gasteiger partial charge in [0.1, 0.15) is 24.7 Å². The molecule has 0 spiro atoms. The van der Waals surface area contributed by atoms with Crippen molar-refractivity contribution in [3.05, 3.63) is 94.4 Å². The summed E-state index contributed by atoms with van der Waals surface area (Å²) in [5.41, 5.74) is 4.15. The zero-order valence-electron chi connectivity index (χ0n) is 17.4. The maximum atomic E-state index is 13.1. The van der Waals surface area contributed by atoms with Crippen LogP contribution in [0.15, 0.2) is 77.6 Å². The standard InChI is InChI=1S/C25H26N2O3/c1-19-7-11-21(12-8-19)29-17-15-26-23-5-3-4-6-24(23)27(25(26)28)16-18-30-22-13-9-20(2)10-14-22/h3-14H,15-18H2,1-2H3. The van der Waals surface area contributed by atoms with E-state index < -0.39 is 0 Å². The lowest BCUT2D eigenvalue weighted by Gasteiger charge is -2.08. The number of imidazole rings is 1. The van der Waals surface area contributed by atoms with E-state index in [2.05, 4.69) is 0 Å². The summed E-state index contributed by atoms with van der Waals surface area (Å²) in [4.78, 5) is 13.1. The second-order valence-electron chi connectivity index (χ2n) is 7.40. The average Bonchev–Trinajstić information content (AvgIpc) is 3.02.